The lowest BCUT2D eigenvalue weighted by atomic mass is 10.3. The molecule has 0 amide bonds. The molecule has 0 aliphatic carbocycles. The van der Waals surface area contributed by atoms with Crippen molar-refractivity contribution < 1.29 is 4.92 Å². The largest absolute Gasteiger partial charge is 0.299 e. The molecule has 2 aromatic carbocycles. The van der Waals surface area contributed by atoms with Crippen LogP contribution in [-0.2, 0) is 0 Å². The van der Waals surface area contributed by atoms with Crippen LogP contribution in [0, 0.1) is 10.1 Å². The molecule has 104 valence electrons. The normalized spacial score (nSPS) is 10.3. The number of aromatic amines is 2. The number of hydrogen-bond donors (Lipinski definition) is 2. The Balaban J connectivity index is 0.000000131. The first-order valence-corrected chi connectivity index (χ1v) is 5.95. The van der Waals surface area contributed by atoms with Crippen LogP contribution < -0.4 is 0 Å². The van der Waals surface area contributed by atoms with Gasteiger partial charge >= 0.3 is 0 Å². The number of fused-ring (bicyclic) bond motifs is 2. The summed E-state index contributed by atoms with van der Waals surface area (Å²) in [7, 11) is 0. The van der Waals surface area contributed by atoms with E-state index in [9.17, 15) is 10.1 Å². The molecule has 0 saturated heterocycles. The van der Waals surface area contributed by atoms with Crippen LogP contribution in [0.15, 0.2) is 42.5 Å². The summed E-state index contributed by atoms with van der Waals surface area (Å²) in [6.45, 7) is 0. The van der Waals surface area contributed by atoms with Crippen molar-refractivity contribution in [1.29, 1.82) is 0 Å². The standard InChI is InChI=1S/C6H4N4O2.C6H5N3/c11-10(12)5-3-1-2-4-6(5)8-9-7-4;1-2-4-6-5(3-1)7-9-8-6/h1-3H,(H,7,8,9);1-4H,(H,7,8,9). The van der Waals surface area contributed by atoms with E-state index in [0.717, 1.165) is 11.0 Å². The van der Waals surface area contributed by atoms with Gasteiger partial charge in [0.25, 0.3) is 5.69 Å². The zero-order valence-corrected chi connectivity index (χ0v) is 10.6. The van der Waals surface area contributed by atoms with E-state index in [-0.39, 0.29) is 5.69 Å². The number of nitrogens with one attached hydrogen (secondary N) is 2. The fourth-order valence-electron chi connectivity index (χ4n) is 1.79. The lowest BCUT2D eigenvalue weighted by Crippen LogP contribution is -1.88. The summed E-state index contributed by atoms with van der Waals surface area (Å²) in [5.41, 5.74) is 2.60. The third-order valence-electron chi connectivity index (χ3n) is 2.75. The third kappa shape index (κ3) is 2.52. The zero-order chi connectivity index (χ0) is 14.7. The van der Waals surface area contributed by atoms with Crippen LogP contribution in [-0.4, -0.2) is 35.7 Å². The van der Waals surface area contributed by atoms with Gasteiger partial charge in [0.2, 0.25) is 0 Å². The Morgan fingerprint density at radius 2 is 1.38 bits per heavy atom. The number of non-ortho nitro benzene ring substituents is 1. The van der Waals surface area contributed by atoms with Gasteiger partial charge in [-0.1, -0.05) is 18.2 Å². The molecule has 9 heteroatoms. The highest BCUT2D eigenvalue weighted by Crippen LogP contribution is 2.20. The summed E-state index contributed by atoms with van der Waals surface area (Å²) in [6.07, 6.45) is 0. The fraction of sp³-hybridized carbons (Fsp3) is 0. The number of benzene rings is 2. The summed E-state index contributed by atoms with van der Waals surface area (Å²) in [4.78, 5) is 9.96. The highest BCUT2D eigenvalue weighted by molar-refractivity contribution is 5.83. The van der Waals surface area contributed by atoms with E-state index >= 15 is 0 Å². The monoisotopic (exact) mass is 283 g/mol. The molecule has 2 N–H and O–H groups in total. The van der Waals surface area contributed by atoms with E-state index in [1.807, 2.05) is 24.3 Å². The molecule has 4 aromatic rings. The quantitative estimate of drug-likeness (QED) is 0.405. The molecule has 0 aliphatic rings. The van der Waals surface area contributed by atoms with Crippen LogP contribution >= 0.6 is 0 Å². The topological polar surface area (TPSA) is 126 Å². The van der Waals surface area contributed by atoms with Crippen molar-refractivity contribution in [3.8, 4) is 0 Å². The summed E-state index contributed by atoms with van der Waals surface area (Å²) < 4.78 is 0. The van der Waals surface area contributed by atoms with Crippen LogP contribution in [0.25, 0.3) is 22.1 Å². The van der Waals surface area contributed by atoms with E-state index in [0.29, 0.717) is 11.0 Å². The van der Waals surface area contributed by atoms with Crippen LogP contribution in [0.1, 0.15) is 0 Å². The second-order valence-corrected chi connectivity index (χ2v) is 4.04. The molecule has 2 heterocycles. The van der Waals surface area contributed by atoms with Gasteiger partial charge in [0.1, 0.15) is 16.6 Å². The van der Waals surface area contributed by atoms with Crippen LogP contribution in [0.3, 0.4) is 0 Å². The Morgan fingerprint density at radius 1 is 0.810 bits per heavy atom. The average molecular weight is 283 g/mol. The second-order valence-electron chi connectivity index (χ2n) is 4.04. The predicted molar refractivity (Wildman–Crippen MR) is 74.4 cm³/mol. The van der Waals surface area contributed by atoms with Gasteiger partial charge in [-0.15, -0.1) is 5.10 Å². The van der Waals surface area contributed by atoms with E-state index in [1.165, 1.54) is 6.07 Å². The van der Waals surface area contributed by atoms with Crippen molar-refractivity contribution in [2.24, 2.45) is 0 Å². The van der Waals surface area contributed by atoms with Gasteiger partial charge < -0.3 is 0 Å². The van der Waals surface area contributed by atoms with Crippen molar-refractivity contribution in [3.05, 3.63) is 52.6 Å². The van der Waals surface area contributed by atoms with Crippen molar-refractivity contribution in [2.45, 2.75) is 0 Å². The summed E-state index contributed by atoms with van der Waals surface area (Å²) in [6, 6.07) is 12.3. The second kappa shape index (κ2) is 5.33. The summed E-state index contributed by atoms with van der Waals surface area (Å²) >= 11 is 0. The van der Waals surface area contributed by atoms with Gasteiger partial charge in [0.15, 0.2) is 5.52 Å². The smallest absolute Gasteiger partial charge is 0.258 e. The lowest BCUT2D eigenvalue weighted by molar-refractivity contribution is -0.383. The Hall–Kier alpha value is -3.36. The molecular formula is C12H9N7O2. The van der Waals surface area contributed by atoms with Crippen molar-refractivity contribution in [3.63, 3.8) is 0 Å². The number of nitro groups is 1. The molecule has 0 unspecified atom stereocenters. The van der Waals surface area contributed by atoms with E-state index < -0.39 is 4.92 Å². The van der Waals surface area contributed by atoms with Crippen LogP contribution in [0.2, 0.25) is 0 Å². The molecule has 0 fully saturated rings. The van der Waals surface area contributed by atoms with Crippen LogP contribution in [0.5, 0.6) is 0 Å². The van der Waals surface area contributed by atoms with E-state index in [2.05, 4.69) is 30.8 Å². The van der Waals surface area contributed by atoms with Crippen LogP contribution in [0.4, 0.5) is 5.69 Å². The van der Waals surface area contributed by atoms with Gasteiger partial charge in [-0.3, -0.25) is 10.1 Å². The molecule has 0 aliphatic heterocycles. The predicted octanol–water partition coefficient (Wildman–Crippen LogP) is 1.82. The number of hydrogen-bond acceptors (Lipinski definition) is 6. The van der Waals surface area contributed by atoms with Gasteiger partial charge in [-0.05, 0) is 18.2 Å². The minimum absolute atomic E-state index is 0.0266. The molecule has 21 heavy (non-hydrogen) atoms. The Morgan fingerprint density at radius 3 is 2.05 bits per heavy atom. The molecule has 0 atom stereocenters. The maximum atomic E-state index is 10.4. The number of rotatable bonds is 1. The highest BCUT2D eigenvalue weighted by Gasteiger charge is 2.13. The van der Waals surface area contributed by atoms with Crippen molar-refractivity contribution >= 4 is 27.8 Å². The maximum absolute atomic E-state index is 10.4. The number of aromatic nitrogens is 6. The minimum atomic E-state index is -0.481. The molecular weight excluding hydrogens is 274 g/mol. The molecule has 9 nitrogen and oxygen atoms in total. The minimum Gasteiger partial charge on any atom is -0.258 e. The Labute approximate surface area is 117 Å². The summed E-state index contributed by atoms with van der Waals surface area (Å²) in [5, 5.41) is 30.5. The fourth-order valence-corrected chi connectivity index (χ4v) is 1.79. The zero-order valence-electron chi connectivity index (χ0n) is 10.6. The highest BCUT2D eigenvalue weighted by atomic mass is 16.6. The number of nitro benzene ring substituents is 1. The number of H-pyrrole nitrogens is 2. The summed E-state index contributed by atoms with van der Waals surface area (Å²) in [5.74, 6) is 0. The molecule has 2 aromatic heterocycles. The van der Waals surface area contributed by atoms with E-state index in [1.54, 1.807) is 12.1 Å². The first kappa shape index (κ1) is 12.7. The maximum Gasteiger partial charge on any atom is 0.299 e. The molecule has 4 rings (SSSR count). The number of para-hydroxylation sites is 3. The average Bonchev–Trinajstić information content (AvgIpc) is 3.16. The Bertz CT molecular complexity index is 868. The number of nitrogens with zero attached hydrogens (tertiary/aromatic N) is 5. The van der Waals surface area contributed by atoms with Gasteiger partial charge in [0, 0.05) is 6.07 Å². The molecule has 0 radical (unpaired) electrons. The molecule has 0 saturated carbocycles. The third-order valence-corrected chi connectivity index (χ3v) is 2.75. The van der Waals surface area contributed by atoms with E-state index in [4.69, 9.17) is 0 Å². The van der Waals surface area contributed by atoms with Gasteiger partial charge in [-0.2, -0.15) is 25.7 Å². The first-order valence-electron chi connectivity index (χ1n) is 5.95. The SMILES string of the molecule is O=[N+]([O-])c1cccc2n[nH]nc12.c1ccc2n[nH]nc2c1. The first-order chi connectivity index (χ1) is 10.3. The Kier molecular flexibility index (Phi) is 3.21. The lowest BCUT2D eigenvalue weighted by Gasteiger charge is -1.88. The molecule has 0 bridgehead atoms. The van der Waals surface area contributed by atoms with Gasteiger partial charge in [-0.25, -0.2) is 0 Å². The van der Waals surface area contributed by atoms with Gasteiger partial charge in [0.05, 0.1) is 4.92 Å². The van der Waals surface area contributed by atoms with Crippen molar-refractivity contribution in [1.82, 2.24) is 30.8 Å². The molecule has 0 spiro atoms. The van der Waals surface area contributed by atoms with Crippen molar-refractivity contribution in [2.75, 3.05) is 0 Å².